The Morgan fingerprint density at radius 2 is 0.750 bits per heavy atom. The lowest BCUT2D eigenvalue weighted by Gasteiger charge is -2.07. The molecule has 16 heteroatoms. The highest BCUT2D eigenvalue weighted by Gasteiger charge is 2.08. The van der Waals surface area contributed by atoms with E-state index in [1.807, 2.05) is 158 Å². The van der Waals surface area contributed by atoms with Gasteiger partial charge in [-0.1, -0.05) is 91.5 Å². The van der Waals surface area contributed by atoms with Crippen molar-refractivity contribution in [2.75, 3.05) is 26.4 Å². The van der Waals surface area contributed by atoms with Crippen molar-refractivity contribution in [3.63, 3.8) is 0 Å². The molecule has 13 nitrogen and oxygen atoms in total. The molecule has 0 unspecified atom stereocenters. The minimum Gasteiger partial charge on any atom is -0.491 e. The van der Waals surface area contributed by atoms with Gasteiger partial charge in [0, 0.05) is 64.3 Å². The molecular formula is C52H45I3N8O5. The van der Waals surface area contributed by atoms with E-state index in [1.165, 1.54) is 0 Å². The minimum atomic E-state index is -0.427. The van der Waals surface area contributed by atoms with Crippen LogP contribution >= 0.6 is 61.2 Å². The molecule has 8 aromatic carbocycles. The molecule has 0 aliphatic heterocycles. The van der Waals surface area contributed by atoms with Crippen LogP contribution in [0.4, 0.5) is 45.5 Å². The number of ether oxygens (including phenoxy) is 3. The summed E-state index contributed by atoms with van der Waals surface area (Å²) >= 11 is 4.24. The summed E-state index contributed by atoms with van der Waals surface area (Å²) in [5.74, 6) is 0.902. The van der Waals surface area contributed by atoms with Crippen molar-refractivity contribution < 1.29 is 24.1 Å². The molecule has 8 aromatic rings. The smallest absolute Gasteiger partial charge is 0.333 e. The summed E-state index contributed by atoms with van der Waals surface area (Å²) in [6.45, 7) is 5.79. The average molecular weight is 1240 g/mol. The Hall–Kier alpha value is -6.36. The Morgan fingerprint density at radius 3 is 1.07 bits per heavy atom. The SMILES string of the molecule is C=C(C)C(=O)OCCOc1ccc(N=Nc2ccc(N=Nc3ccccc3)c3ccccc23)cc1.I.II.OCCOc1ccc(N=Nc2ccc(N=Nc3ccccc3)c3ccccc23)cc1. The van der Waals surface area contributed by atoms with Gasteiger partial charge in [0.2, 0.25) is 0 Å². The van der Waals surface area contributed by atoms with Crippen LogP contribution in [0.1, 0.15) is 6.92 Å². The quantitative estimate of drug-likeness (QED) is 0.0334. The highest BCUT2D eigenvalue weighted by atomic mass is 128. The third-order valence-corrected chi connectivity index (χ3v) is 9.33. The van der Waals surface area contributed by atoms with Crippen molar-refractivity contribution >= 4 is 134 Å². The van der Waals surface area contributed by atoms with Crippen LogP contribution in [-0.2, 0) is 9.53 Å². The van der Waals surface area contributed by atoms with Crippen LogP contribution in [0.15, 0.2) is 235 Å². The molecule has 68 heavy (non-hydrogen) atoms. The van der Waals surface area contributed by atoms with E-state index in [-0.39, 0.29) is 50.4 Å². The van der Waals surface area contributed by atoms with Gasteiger partial charge in [0.05, 0.1) is 52.1 Å². The van der Waals surface area contributed by atoms with E-state index in [4.69, 9.17) is 19.3 Å². The number of carbonyl (C=O) groups is 1. The number of aliphatic hydroxyl groups excluding tert-OH is 1. The van der Waals surface area contributed by atoms with Crippen LogP contribution in [0.3, 0.4) is 0 Å². The normalized spacial score (nSPS) is 10.9. The van der Waals surface area contributed by atoms with E-state index in [0.29, 0.717) is 28.4 Å². The van der Waals surface area contributed by atoms with Crippen molar-refractivity contribution in [1.82, 2.24) is 0 Å². The number of hydrogen-bond acceptors (Lipinski definition) is 13. The zero-order valence-corrected chi connectivity index (χ0v) is 43.3. The standard InChI is InChI=1S/C28H24N4O3.C24H20N4O2.I2.HI/c1-20(2)28(33)35-19-18-34-23-14-12-22(13-15-23)30-32-27-17-16-26(24-10-6-7-11-25(24)27)31-29-21-8-4-3-5-9-21;29-16-17-30-20-12-10-19(11-13-20)26-28-24-15-14-23(21-8-4-5-9-22(21)24)27-25-18-6-2-1-3-7-18;1-2;/h3-17H,1,18-19H2,2H3;1-15,29H,16-17H2;;1H. The van der Waals surface area contributed by atoms with Crippen molar-refractivity contribution in [3.8, 4) is 11.5 Å². The van der Waals surface area contributed by atoms with Gasteiger partial charge in [-0.15, -0.1) is 44.4 Å². The minimum absolute atomic E-state index is 0. The summed E-state index contributed by atoms with van der Waals surface area (Å²) in [6, 6.07) is 57.1. The van der Waals surface area contributed by atoms with Crippen molar-refractivity contribution in [2.45, 2.75) is 6.92 Å². The molecule has 0 amide bonds. The maximum atomic E-state index is 11.4. The second-order valence-corrected chi connectivity index (χ2v) is 14.1. The molecule has 0 aliphatic carbocycles. The zero-order valence-electron chi connectivity index (χ0n) is 36.7. The highest BCUT2D eigenvalue weighted by Crippen LogP contribution is 2.37. The lowest BCUT2D eigenvalue weighted by Crippen LogP contribution is -2.12. The van der Waals surface area contributed by atoms with Crippen LogP contribution in [0, 0.1) is 0 Å². The predicted molar refractivity (Wildman–Crippen MR) is 298 cm³/mol. The van der Waals surface area contributed by atoms with E-state index >= 15 is 0 Å². The summed E-state index contributed by atoms with van der Waals surface area (Å²) in [4.78, 5) is 11.4. The van der Waals surface area contributed by atoms with E-state index in [9.17, 15) is 4.79 Å². The molecule has 0 bridgehead atoms. The molecule has 0 fully saturated rings. The van der Waals surface area contributed by atoms with E-state index < -0.39 is 5.97 Å². The molecule has 8 rings (SSSR count). The van der Waals surface area contributed by atoms with Gasteiger partial charge >= 0.3 is 5.97 Å². The van der Waals surface area contributed by atoms with E-state index in [0.717, 1.165) is 55.7 Å². The van der Waals surface area contributed by atoms with Crippen molar-refractivity contribution in [1.29, 1.82) is 0 Å². The van der Waals surface area contributed by atoms with E-state index in [1.54, 1.807) is 31.2 Å². The highest BCUT2D eigenvalue weighted by molar-refractivity contribution is 15.0. The average Bonchev–Trinajstić information content (AvgIpc) is 3.39. The van der Waals surface area contributed by atoms with Crippen LogP contribution in [0.5, 0.6) is 11.5 Å². The first-order valence-corrected chi connectivity index (χ1v) is 27.1. The number of rotatable bonds is 16. The molecule has 0 aromatic heterocycles. The Balaban J connectivity index is 0.000000244. The number of carbonyl (C=O) groups excluding carboxylic acids is 1. The summed E-state index contributed by atoms with van der Waals surface area (Å²) in [6.07, 6.45) is 0. The van der Waals surface area contributed by atoms with Crippen LogP contribution in [-0.4, -0.2) is 37.5 Å². The largest absolute Gasteiger partial charge is 0.491 e. The monoisotopic (exact) mass is 1240 g/mol. The fourth-order valence-electron chi connectivity index (χ4n) is 6.12. The maximum Gasteiger partial charge on any atom is 0.333 e. The number of aliphatic hydroxyl groups is 1. The predicted octanol–water partition coefficient (Wildman–Crippen LogP) is 17.6. The Morgan fingerprint density at radius 1 is 0.441 bits per heavy atom. The summed E-state index contributed by atoms with van der Waals surface area (Å²) in [5, 5.41) is 47.7. The van der Waals surface area contributed by atoms with Gasteiger partial charge < -0.3 is 19.3 Å². The first kappa shape index (κ1) is 52.6. The number of benzene rings is 8. The van der Waals surface area contributed by atoms with Gasteiger partial charge in [-0.3, -0.25) is 0 Å². The Labute approximate surface area is 434 Å². The van der Waals surface area contributed by atoms with Gasteiger partial charge in [0.15, 0.2) is 0 Å². The molecule has 0 saturated heterocycles. The fourth-order valence-corrected chi connectivity index (χ4v) is 6.12. The maximum absolute atomic E-state index is 11.4. The number of hydrogen-bond donors (Lipinski definition) is 1. The Kier molecular flexibility index (Phi) is 22.2. The fraction of sp³-hybridized carbons (Fsp3) is 0.0962. The Bertz CT molecular complexity index is 2980. The van der Waals surface area contributed by atoms with Gasteiger partial charge in [-0.2, -0.15) is 20.5 Å². The van der Waals surface area contributed by atoms with Gasteiger partial charge in [-0.05, 0) is 104 Å². The van der Waals surface area contributed by atoms with Gasteiger partial charge in [0.25, 0.3) is 0 Å². The lowest BCUT2D eigenvalue weighted by atomic mass is 10.1. The number of halogens is 3. The lowest BCUT2D eigenvalue weighted by molar-refractivity contribution is -0.139. The summed E-state index contributed by atoms with van der Waals surface area (Å²) < 4.78 is 15.9. The number of esters is 1. The van der Waals surface area contributed by atoms with Crippen LogP contribution in [0.25, 0.3) is 21.5 Å². The second kappa shape index (κ2) is 28.7. The second-order valence-electron chi connectivity index (χ2n) is 14.1. The third-order valence-electron chi connectivity index (χ3n) is 9.33. The molecule has 344 valence electrons. The number of nitrogens with zero attached hydrogens (tertiary/aromatic N) is 8. The zero-order chi connectivity index (χ0) is 47.1. The molecule has 0 radical (unpaired) electrons. The number of fused-ring (bicyclic) bond motifs is 2. The van der Waals surface area contributed by atoms with E-state index in [2.05, 4.69) is 84.7 Å². The molecule has 0 aliphatic rings. The molecule has 1 N–H and O–H groups in total. The summed E-state index contributed by atoms with van der Waals surface area (Å²) in [7, 11) is 0. The number of azo groups is 4. The summed E-state index contributed by atoms with van der Waals surface area (Å²) in [5.41, 5.74) is 6.38. The molecule has 0 heterocycles. The first-order chi connectivity index (χ1) is 32.9. The first-order valence-electron chi connectivity index (χ1n) is 20.8. The van der Waals surface area contributed by atoms with Crippen LogP contribution < -0.4 is 9.47 Å². The molecule has 0 atom stereocenters. The molecule has 0 saturated carbocycles. The molecular weight excluding hydrogens is 1200 g/mol. The molecule has 0 spiro atoms. The third kappa shape index (κ3) is 16.2. The van der Waals surface area contributed by atoms with Crippen molar-refractivity contribution in [3.05, 3.63) is 194 Å². The van der Waals surface area contributed by atoms with Crippen LogP contribution in [0.2, 0.25) is 0 Å². The topological polar surface area (TPSA) is 164 Å². The van der Waals surface area contributed by atoms with Crippen molar-refractivity contribution in [2.24, 2.45) is 40.9 Å². The van der Waals surface area contributed by atoms with Gasteiger partial charge in [0.1, 0.15) is 31.3 Å². The van der Waals surface area contributed by atoms with Gasteiger partial charge in [-0.25, -0.2) is 4.79 Å².